The second-order valence-corrected chi connectivity index (χ2v) is 5.28. The van der Waals surface area contributed by atoms with Crippen molar-refractivity contribution in [2.24, 2.45) is 5.73 Å². The Morgan fingerprint density at radius 1 is 1.31 bits per heavy atom. The second-order valence-electron chi connectivity index (χ2n) is 5.28. The molecule has 1 unspecified atom stereocenters. The number of nitrogens with zero attached hydrogens (tertiary/aromatic N) is 1. The van der Waals surface area contributed by atoms with Gasteiger partial charge in [-0.2, -0.15) is 0 Å². The van der Waals surface area contributed by atoms with Crippen LogP contribution >= 0.6 is 0 Å². The smallest absolute Gasteiger partial charge is 0.111 e. The second kappa shape index (κ2) is 4.76. The zero-order valence-corrected chi connectivity index (χ0v) is 10.5. The van der Waals surface area contributed by atoms with Crippen LogP contribution in [0.2, 0.25) is 0 Å². The van der Waals surface area contributed by atoms with Crippen LogP contribution in [0.5, 0.6) is 0 Å². The Labute approximate surface area is 98.6 Å². The average Bonchev–Trinajstić information content (AvgIpc) is 2.79. The number of nitrogens with two attached hydrogens (primary N) is 1. The lowest BCUT2D eigenvalue weighted by molar-refractivity contribution is 0.0871. The highest BCUT2D eigenvalue weighted by Gasteiger charge is 2.43. The van der Waals surface area contributed by atoms with Crippen molar-refractivity contribution in [3.8, 4) is 0 Å². The Morgan fingerprint density at radius 3 is 2.50 bits per heavy atom. The van der Waals surface area contributed by atoms with Crippen LogP contribution < -0.4 is 5.73 Å². The minimum absolute atomic E-state index is 0.0466. The van der Waals surface area contributed by atoms with E-state index in [-0.39, 0.29) is 11.6 Å². The molecule has 2 aliphatic rings. The molecule has 1 heterocycles. The van der Waals surface area contributed by atoms with E-state index in [9.17, 15) is 0 Å². The van der Waals surface area contributed by atoms with Crippen molar-refractivity contribution in [2.75, 3.05) is 20.7 Å². The molecule has 1 aliphatic carbocycles. The van der Waals surface area contributed by atoms with Gasteiger partial charge in [0.15, 0.2) is 0 Å². The molecule has 3 nitrogen and oxygen atoms in total. The van der Waals surface area contributed by atoms with Crippen LogP contribution in [0.15, 0.2) is 11.8 Å². The SMILES string of the molecule is CN(C)C1(C(N)C2=CCCCO2)CCCC1. The van der Waals surface area contributed by atoms with Crippen molar-refractivity contribution in [1.82, 2.24) is 4.90 Å². The number of hydrogen-bond donors (Lipinski definition) is 1. The normalized spacial score (nSPS) is 26.4. The van der Waals surface area contributed by atoms with E-state index >= 15 is 0 Å². The molecule has 0 saturated heterocycles. The highest BCUT2D eigenvalue weighted by atomic mass is 16.5. The highest BCUT2D eigenvalue weighted by molar-refractivity contribution is 5.16. The number of rotatable bonds is 3. The lowest BCUT2D eigenvalue weighted by atomic mass is 9.85. The summed E-state index contributed by atoms with van der Waals surface area (Å²) in [5, 5.41) is 0. The van der Waals surface area contributed by atoms with E-state index in [1.54, 1.807) is 0 Å². The molecule has 1 atom stereocenters. The third-order valence-corrected chi connectivity index (χ3v) is 4.21. The maximum Gasteiger partial charge on any atom is 0.111 e. The number of hydrogen-bond acceptors (Lipinski definition) is 3. The maximum absolute atomic E-state index is 6.45. The molecule has 2 N–H and O–H groups in total. The Morgan fingerprint density at radius 2 is 2.00 bits per heavy atom. The van der Waals surface area contributed by atoms with E-state index in [0.29, 0.717) is 0 Å². The van der Waals surface area contributed by atoms with Crippen molar-refractivity contribution in [3.05, 3.63) is 11.8 Å². The van der Waals surface area contributed by atoms with E-state index in [1.165, 1.54) is 25.7 Å². The van der Waals surface area contributed by atoms with Gasteiger partial charge in [-0.15, -0.1) is 0 Å². The Hall–Kier alpha value is -0.540. The molecule has 1 fully saturated rings. The molecule has 1 aliphatic heterocycles. The molecular formula is C13H24N2O. The highest BCUT2D eigenvalue weighted by Crippen LogP contribution is 2.38. The van der Waals surface area contributed by atoms with Crippen LogP contribution in [0.25, 0.3) is 0 Å². The molecule has 0 aromatic heterocycles. The van der Waals surface area contributed by atoms with E-state index in [2.05, 4.69) is 25.1 Å². The molecule has 3 heteroatoms. The van der Waals surface area contributed by atoms with Crippen LogP contribution in [0.4, 0.5) is 0 Å². The maximum atomic E-state index is 6.45. The molecule has 0 aromatic rings. The summed E-state index contributed by atoms with van der Waals surface area (Å²) in [4.78, 5) is 2.31. The zero-order chi connectivity index (χ0) is 11.6. The van der Waals surface area contributed by atoms with Gasteiger partial charge in [0.1, 0.15) is 5.76 Å². The summed E-state index contributed by atoms with van der Waals surface area (Å²) < 4.78 is 5.74. The van der Waals surface area contributed by atoms with Gasteiger partial charge in [0.2, 0.25) is 0 Å². The number of likely N-dealkylation sites (N-methyl/N-ethyl adjacent to an activating group) is 1. The van der Waals surface area contributed by atoms with Crippen molar-refractivity contribution < 1.29 is 4.74 Å². The van der Waals surface area contributed by atoms with Gasteiger partial charge in [-0.3, -0.25) is 0 Å². The number of ether oxygens (including phenoxy) is 1. The standard InChI is InChI=1S/C13H24N2O/c1-15(2)13(8-4-5-9-13)12(14)11-7-3-6-10-16-11/h7,12H,3-6,8-10,14H2,1-2H3. The van der Waals surface area contributed by atoms with Crippen LogP contribution in [0, 0.1) is 0 Å². The van der Waals surface area contributed by atoms with Crippen molar-refractivity contribution >= 4 is 0 Å². The Kier molecular flexibility index (Phi) is 3.55. The quantitative estimate of drug-likeness (QED) is 0.795. The fraction of sp³-hybridized carbons (Fsp3) is 0.846. The summed E-state index contributed by atoms with van der Waals surface area (Å²) in [6.45, 7) is 0.836. The summed E-state index contributed by atoms with van der Waals surface area (Å²) >= 11 is 0. The van der Waals surface area contributed by atoms with Gasteiger partial charge in [-0.05, 0) is 45.9 Å². The van der Waals surface area contributed by atoms with E-state index in [4.69, 9.17) is 10.5 Å². The van der Waals surface area contributed by atoms with Crippen molar-refractivity contribution in [3.63, 3.8) is 0 Å². The minimum Gasteiger partial charge on any atom is -0.497 e. The van der Waals surface area contributed by atoms with Crippen LogP contribution in [0.3, 0.4) is 0 Å². The van der Waals surface area contributed by atoms with Crippen molar-refractivity contribution in [1.29, 1.82) is 0 Å². The lowest BCUT2D eigenvalue weighted by Crippen LogP contribution is -2.56. The molecule has 0 amide bonds. The van der Waals surface area contributed by atoms with Crippen LogP contribution in [0.1, 0.15) is 38.5 Å². The predicted molar refractivity (Wildman–Crippen MR) is 66.1 cm³/mol. The van der Waals surface area contributed by atoms with Gasteiger partial charge in [-0.1, -0.05) is 12.8 Å². The molecule has 1 saturated carbocycles. The largest absolute Gasteiger partial charge is 0.497 e. The molecule has 0 radical (unpaired) electrons. The van der Waals surface area contributed by atoms with Gasteiger partial charge >= 0.3 is 0 Å². The van der Waals surface area contributed by atoms with E-state index in [1.807, 2.05) is 0 Å². The fourth-order valence-electron chi connectivity index (χ4n) is 3.08. The fourth-order valence-corrected chi connectivity index (χ4v) is 3.08. The van der Waals surface area contributed by atoms with E-state index in [0.717, 1.165) is 25.2 Å². The summed E-state index contributed by atoms with van der Waals surface area (Å²) in [7, 11) is 4.29. The summed E-state index contributed by atoms with van der Waals surface area (Å²) in [6, 6.07) is 0.0466. The Bertz CT molecular complexity index is 267. The Balaban J connectivity index is 2.16. The molecule has 2 rings (SSSR count). The van der Waals surface area contributed by atoms with Crippen LogP contribution in [-0.2, 0) is 4.74 Å². The molecule has 0 bridgehead atoms. The summed E-state index contributed by atoms with van der Waals surface area (Å²) in [6.07, 6.45) is 9.41. The molecule has 16 heavy (non-hydrogen) atoms. The van der Waals surface area contributed by atoms with Crippen molar-refractivity contribution in [2.45, 2.75) is 50.1 Å². The van der Waals surface area contributed by atoms with Gasteiger partial charge in [0.05, 0.1) is 12.6 Å². The van der Waals surface area contributed by atoms with Gasteiger partial charge in [0.25, 0.3) is 0 Å². The lowest BCUT2D eigenvalue weighted by Gasteiger charge is -2.42. The number of allylic oxidation sites excluding steroid dienone is 1. The molecule has 0 spiro atoms. The first kappa shape index (κ1) is 11.9. The third kappa shape index (κ3) is 1.98. The predicted octanol–water partition coefficient (Wildman–Crippen LogP) is 1.88. The molecular weight excluding hydrogens is 200 g/mol. The first-order valence-corrected chi connectivity index (χ1v) is 6.43. The van der Waals surface area contributed by atoms with Gasteiger partial charge < -0.3 is 15.4 Å². The zero-order valence-electron chi connectivity index (χ0n) is 10.5. The first-order valence-electron chi connectivity index (χ1n) is 6.43. The topological polar surface area (TPSA) is 38.5 Å². The first-order chi connectivity index (χ1) is 7.67. The monoisotopic (exact) mass is 224 g/mol. The minimum atomic E-state index is 0.0466. The third-order valence-electron chi connectivity index (χ3n) is 4.21. The summed E-state index contributed by atoms with van der Waals surface area (Å²) in [5.41, 5.74) is 6.58. The average molecular weight is 224 g/mol. The van der Waals surface area contributed by atoms with E-state index < -0.39 is 0 Å². The summed E-state index contributed by atoms with van der Waals surface area (Å²) in [5.74, 6) is 1.03. The molecule has 92 valence electrons. The molecule has 0 aromatic carbocycles. The van der Waals surface area contributed by atoms with Gasteiger partial charge in [-0.25, -0.2) is 0 Å². The van der Waals surface area contributed by atoms with Crippen LogP contribution in [-0.4, -0.2) is 37.2 Å². The van der Waals surface area contributed by atoms with Gasteiger partial charge in [0, 0.05) is 5.54 Å².